The van der Waals surface area contributed by atoms with Crippen molar-refractivity contribution in [2.24, 2.45) is 0 Å². The number of carbonyl (C=O) groups excluding carboxylic acids is 2. The topological polar surface area (TPSA) is 68.4 Å². The van der Waals surface area contributed by atoms with Gasteiger partial charge in [0.05, 0.1) is 11.1 Å². The first-order chi connectivity index (χ1) is 12.0. The Bertz CT molecular complexity index is 610. The van der Waals surface area contributed by atoms with Crippen LogP contribution in [0.1, 0.15) is 49.5 Å². The number of H-pyrrole nitrogens is 1. The molecule has 0 saturated carbocycles. The summed E-state index contributed by atoms with van der Waals surface area (Å²) in [6.45, 7) is 5.18. The zero-order chi connectivity index (χ0) is 17.8. The van der Waals surface area contributed by atoms with Crippen LogP contribution < -0.4 is 5.32 Å². The second-order valence-electron chi connectivity index (χ2n) is 7.10. The van der Waals surface area contributed by atoms with E-state index < -0.39 is 0 Å². The van der Waals surface area contributed by atoms with E-state index in [1.165, 1.54) is 25.7 Å². The molecule has 2 amide bonds. The highest BCUT2D eigenvalue weighted by molar-refractivity contribution is 6.30. The summed E-state index contributed by atoms with van der Waals surface area (Å²) < 4.78 is 0. The fraction of sp³-hybridized carbons (Fsp3) is 0.667. The Balaban J connectivity index is 1.50. The first-order valence-electron chi connectivity index (χ1n) is 9.22. The van der Waals surface area contributed by atoms with Crippen LogP contribution >= 0.6 is 11.6 Å². The van der Waals surface area contributed by atoms with Crippen LogP contribution in [0.5, 0.6) is 0 Å². The lowest BCUT2D eigenvalue weighted by molar-refractivity contribution is -0.126. The summed E-state index contributed by atoms with van der Waals surface area (Å²) in [7, 11) is 0. The van der Waals surface area contributed by atoms with Crippen LogP contribution in [0.2, 0.25) is 5.02 Å². The number of halogens is 1. The molecule has 3 heterocycles. The van der Waals surface area contributed by atoms with E-state index in [2.05, 4.69) is 15.2 Å². The maximum absolute atomic E-state index is 12.6. The molecule has 2 aliphatic heterocycles. The first kappa shape index (κ1) is 18.3. The summed E-state index contributed by atoms with van der Waals surface area (Å²) in [6, 6.07) is 1.55. The molecule has 2 N–H and O–H groups in total. The van der Waals surface area contributed by atoms with Crippen molar-refractivity contribution in [1.29, 1.82) is 0 Å². The zero-order valence-corrected chi connectivity index (χ0v) is 15.5. The van der Waals surface area contributed by atoms with Crippen LogP contribution in [-0.2, 0) is 4.79 Å². The monoisotopic (exact) mass is 366 g/mol. The number of nitrogens with one attached hydrogen (secondary N) is 2. The van der Waals surface area contributed by atoms with Gasteiger partial charge in [-0.1, -0.05) is 24.4 Å². The van der Waals surface area contributed by atoms with Crippen LogP contribution in [0.15, 0.2) is 12.3 Å². The van der Waals surface area contributed by atoms with E-state index in [9.17, 15) is 9.59 Å². The summed E-state index contributed by atoms with van der Waals surface area (Å²) in [5, 5.41) is 3.65. The van der Waals surface area contributed by atoms with Gasteiger partial charge in [0.15, 0.2) is 0 Å². The Kier molecular flexibility index (Phi) is 6.02. The number of hydrogen-bond donors (Lipinski definition) is 2. The molecule has 25 heavy (non-hydrogen) atoms. The average molecular weight is 367 g/mol. The van der Waals surface area contributed by atoms with E-state index in [0.717, 1.165) is 19.5 Å². The molecule has 1 aromatic heterocycles. The Morgan fingerprint density at radius 3 is 2.60 bits per heavy atom. The number of aromatic amines is 1. The number of hydrogen-bond acceptors (Lipinski definition) is 3. The largest absolute Gasteiger partial charge is 0.356 e. The van der Waals surface area contributed by atoms with E-state index in [-0.39, 0.29) is 23.9 Å². The highest BCUT2D eigenvalue weighted by atomic mass is 35.5. The minimum Gasteiger partial charge on any atom is -0.356 e. The second kappa shape index (κ2) is 8.23. The Hall–Kier alpha value is -1.53. The SMILES string of the molecule is CC(C(=O)N[C@@H]1CCN(C(=O)c2cc(Cl)c[nH]2)C1)N1CCCCCC1. The summed E-state index contributed by atoms with van der Waals surface area (Å²) in [4.78, 5) is 31.9. The van der Waals surface area contributed by atoms with Gasteiger partial charge in [0.25, 0.3) is 5.91 Å². The number of likely N-dealkylation sites (tertiary alicyclic amines) is 2. The predicted octanol–water partition coefficient (Wildman–Crippen LogP) is 2.26. The van der Waals surface area contributed by atoms with Crippen molar-refractivity contribution in [3.8, 4) is 0 Å². The van der Waals surface area contributed by atoms with Crippen molar-refractivity contribution in [3.63, 3.8) is 0 Å². The lowest BCUT2D eigenvalue weighted by Gasteiger charge is -2.27. The van der Waals surface area contributed by atoms with Gasteiger partial charge >= 0.3 is 0 Å². The van der Waals surface area contributed by atoms with Gasteiger partial charge in [-0.25, -0.2) is 0 Å². The van der Waals surface area contributed by atoms with Gasteiger partial charge in [0.2, 0.25) is 5.91 Å². The number of carbonyl (C=O) groups is 2. The summed E-state index contributed by atoms with van der Waals surface area (Å²) in [6.07, 6.45) is 7.25. The molecule has 2 saturated heterocycles. The molecule has 0 aliphatic carbocycles. The first-order valence-corrected chi connectivity index (χ1v) is 9.60. The van der Waals surface area contributed by atoms with E-state index in [1.54, 1.807) is 17.2 Å². The van der Waals surface area contributed by atoms with E-state index in [4.69, 9.17) is 11.6 Å². The van der Waals surface area contributed by atoms with Gasteiger partial charge in [-0.15, -0.1) is 0 Å². The molecule has 7 heteroatoms. The van der Waals surface area contributed by atoms with Crippen LogP contribution in [0.25, 0.3) is 0 Å². The highest BCUT2D eigenvalue weighted by Crippen LogP contribution is 2.17. The molecule has 0 bridgehead atoms. The van der Waals surface area contributed by atoms with E-state index in [1.807, 2.05) is 6.92 Å². The quantitative estimate of drug-likeness (QED) is 0.858. The van der Waals surface area contributed by atoms with E-state index in [0.29, 0.717) is 23.8 Å². The smallest absolute Gasteiger partial charge is 0.270 e. The third-order valence-electron chi connectivity index (χ3n) is 5.27. The zero-order valence-electron chi connectivity index (χ0n) is 14.8. The molecular weight excluding hydrogens is 340 g/mol. The minimum atomic E-state index is -0.106. The van der Waals surface area contributed by atoms with Crippen LogP contribution in [-0.4, -0.2) is 64.9 Å². The molecule has 0 aromatic carbocycles. The minimum absolute atomic E-state index is 0.0244. The molecule has 1 unspecified atom stereocenters. The third-order valence-corrected chi connectivity index (χ3v) is 5.49. The highest BCUT2D eigenvalue weighted by Gasteiger charge is 2.30. The van der Waals surface area contributed by atoms with Gasteiger partial charge in [0, 0.05) is 25.3 Å². The van der Waals surface area contributed by atoms with Crippen molar-refractivity contribution in [3.05, 3.63) is 23.0 Å². The van der Waals surface area contributed by atoms with Crippen LogP contribution in [0, 0.1) is 0 Å². The van der Waals surface area contributed by atoms with Gasteiger partial charge in [0.1, 0.15) is 5.69 Å². The third kappa shape index (κ3) is 4.55. The number of aromatic nitrogens is 1. The molecular formula is C18H27ClN4O2. The van der Waals surface area contributed by atoms with Crippen LogP contribution in [0.4, 0.5) is 0 Å². The summed E-state index contributed by atoms with van der Waals surface area (Å²) >= 11 is 5.87. The molecule has 3 rings (SSSR count). The van der Waals surface area contributed by atoms with Gasteiger partial charge < -0.3 is 15.2 Å². The standard InChI is InChI=1S/C18H27ClN4O2/c1-13(22-7-4-2-3-5-8-22)17(24)21-15-6-9-23(12-15)18(25)16-10-14(19)11-20-16/h10-11,13,15,20H,2-9,12H2,1H3,(H,21,24)/t13?,15-/m1/s1. The normalized spacial score (nSPS) is 23.3. The number of nitrogens with zero attached hydrogens (tertiary/aromatic N) is 2. The fourth-order valence-corrected chi connectivity index (χ4v) is 3.86. The van der Waals surface area contributed by atoms with Gasteiger partial charge in [-0.05, 0) is 45.3 Å². The number of amides is 2. The van der Waals surface area contributed by atoms with Crippen molar-refractivity contribution in [2.45, 2.75) is 51.1 Å². The summed E-state index contributed by atoms with van der Waals surface area (Å²) in [5.41, 5.74) is 0.495. The van der Waals surface area contributed by atoms with Gasteiger partial charge in [-0.2, -0.15) is 0 Å². The Morgan fingerprint density at radius 2 is 1.96 bits per heavy atom. The fourth-order valence-electron chi connectivity index (χ4n) is 3.69. The van der Waals surface area contributed by atoms with Crippen molar-refractivity contribution < 1.29 is 9.59 Å². The molecule has 138 valence electrons. The van der Waals surface area contributed by atoms with Crippen molar-refractivity contribution in [1.82, 2.24) is 20.1 Å². The molecule has 2 fully saturated rings. The average Bonchev–Trinajstić information content (AvgIpc) is 3.15. The molecule has 0 spiro atoms. The van der Waals surface area contributed by atoms with Crippen molar-refractivity contribution >= 4 is 23.4 Å². The number of rotatable bonds is 4. The van der Waals surface area contributed by atoms with Crippen LogP contribution in [0.3, 0.4) is 0 Å². The van der Waals surface area contributed by atoms with E-state index >= 15 is 0 Å². The second-order valence-corrected chi connectivity index (χ2v) is 7.54. The predicted molar refractivity (Wildman–Crippen MR) is 97.8 cm³/mol. The molecule has 0 radical (unpaired) electrons. The summed E-state index contributed by atoms with van der Waals surface area (Å²) in [5.74, 6) is 0.00772. The lowest BCUT2D eigenvalue weighted by Crippen LogP contribution is -2.49. The molecule has 6 nitrogen and oxygen atoms in total. The Labute approximate surface area is 153 Å². The molecule has 2 atom stereocenters. The molecule has 2 aliphatic rings. The molecule has 1 aromatic rings. The maximum atomic E-state index is 12.6. The maximum Gasteiger partial charge on any atom is 0.270 e. The Morgan fingerprint density at radius 1 is 1.24 bits per heavy atom. The lowest BCUT2D eigenvalue weighted by atomic mass is 10.2. The van der Waals surface area contributed by atoms with Crippen molar-refractivity contribution in [2.75, 3.05) is 26.2 Å². The van der Waals surface area contributed by atoms with Gasteiger partial charge in [-0.3, -0.25) is 14.5 Å².